The third-order valence-electron chi connectivity index (χ3n) is 2.73. The van der Waals surface area contributed by atoms with Gasteiger partial charge in [-0.15, -0.1) is 0 Å². The van der Waals surface area contributed by atoms with E-state index in [9.17, 15) is 4.79 Å². The number of fused-ring (bicyclic) bond motifs is 1. The number of carbonyl (C=O) groups excluding carboxylic acids is 1. The molecule has 1 aromatic carbocycles. The zero-order chi connectivity index (χ0) is 12.7. The Bertz CT molecular complexity index is 582. The van der Waals surface area contributed by atoms with Crippen molar-refractivity contribution in [3.05, 3.63) is 34.2 Å². The van der Waals surface area contributed by atoms with Gasteiger partial charge in [0.15, 0.2) is 0 Å². The molecule has 0 atom stereocenters. The number of rotatable bonds is 1. The summed E-state index contributed by atoms with van der Waals surface area (Å²) in [7, 11) is 0. The van der Waals surface area contributed by atoms with E-state index in [0.29, 0.717) is 9.23 Å². The van der Waals surface area contributed by atoms with Crippen molar-refractivity contribution in [3.63, 3.8) is 0 Å². The summed E-state index contributed by atoms with van der Waals surface area (Å²) < 4.78 is 0.537. The molecule has 0 spiro atoms. The average molecular weight is 294 g/mol. The first-order chi connectivity index (χ1) is 8.70. The van der Waals surface area contributed by atoms with Gasteiger partial charge in [-0.1, -0.05) is 47.9 Å². The van der Waals surface area contributed by atoms with Gasteiger partial charge < -0.3 is 10.2 Å². The zero-order valence-electron chi connectivity index (χ0n) is 9.60. The highest BCUT2D eigenvalue weighted by molar-refractivity contribution is 8.27. The number of nitrogens with one attached hydrogen (secondary N) is 1. The highest BCUT2D eigenvalue weighted by Gasteiger charge is 2.33. The number of para-hydroxylation sites is 1. The molecule has 1 N–H and O–H groups in total. The first-order valence-electron chi connectivity index (χ1n) is 5.52. The van der Waals surface area contributed by atoms with Crippen molar-refractivity contribution in [2.45, 2.75) is 11.8 Å². The SMILES string of the molecule is CCN1/C(=C2/SC(=S)NC2=O)Sc2ccccc21. The van der Waals surface area contributed by atoms with E-state index < -0.39 is 0 Å². The average Bonchev–Trinajstić information content (AvgIpc) is 2.88. The van der Waals surface area contributed by atoms with Gasteiger partial charge in [-0.3, -0.25) is 4.79 Å². The molecule has 0 bridgehead atoms. The fraction of sp³-hybridized carbons (Fsp3) is 0.167. The van der Waals surface area contributed by atoms with Gasteiger partial charge in [0.25, 0.3) is 5.91 Å². The Balaban J connectivity index is 2.09. The second-order valence-corrected chi connectivity index (χ2v) is 6.51. The van der Waals surface area contributed by atoms with E-state index in [4.69, 9.17) is 12.2 Å². The van der Waals surface area contributed by atoms with E-state index in [0.717, 1.165) is 11.6 Å². The van der Waals surface area contributed by atoms with Crippen LogP contribution in [0.3, 0.4) is 0 Å². The first-order valence-corrected chi connectivity index (χ1v) is 7.56. The minimum atomic E-state index is -0.0845. The molecular formula is C12H10N2OS3. The second-order valence-electron chi connectivity index (χ2n) is 3.79. The predicted octanol–water partition coefficient (Wildman–Crippen LogP) is 2.94. The van der Waals surface area contributed by atoms with E-state index in [1.807, 2.05) is 12.1 Å². The smallest absolute Gasteiger partial charge is 0.266 e. The van der Waals surface area contributed by atoms with Gasteiger partial charge in [0.2, 0.25) is 0 Å². The quantitative estimate of drug-likeness (QED) is 0.636. The normalized spacial score (nSPS) is 22.4. The molecule has 0 saturated carbocycles. The molecule has 2 aliphatic rings. The number of hydrogen-bond donors (Lipinski definition) is 1. The topological polar surface area (TPSA) is 32.3 Å². The van der Waals surface area contributed by atoms with Crippen molar-refractivity contribution < 1.29 is 4.79 Å². The lowest BCUT2D eigenvalue weighted by atomic mass is 10.3. The largest absolute Gasteiger partial charge is 0.334 e. The van der Waals surface area contributed by atoms with Crippen LogP contribution in [0.25, 0.3) is 0 Å². The number of nitrogens with zero attached hydrogens (tertiary/aromatic N) is 1. The summed E-state index contributed by atoms with van der Waals surface area (Å²) >= 11 is 8.02. The van der Waals surface area contributed by atoms with Crippen molar-refractivity contribution in [2.75, 3.05) is 11.4 Å². The first kappa shape index (κ1) is 12.1. The van der Waals surface area contributed by atoms with Crippen LogP contribution in [0.5, 0.6) is 0 Å². The lowest BCUT2D eigenvalue weighted by Gasteiger charge is -2.18. The number of thiocarbonyl (C=S) groups is 1. The van der Waals surface area contributed by atoms with Crippen molar-refractivity contribution >= 4 is 51.7 Å². The minimum Gasteiger partial charge on any atom is -0.334 e. The molecular weight excluding hydrogens is 284 g/mol. The fourth-order valence-electron chi connectivity index (χ4n) is 1.97. The summed E-state index contributed by atoms with van der Waals surface area (Å²) in [5.74, 6) is -0.0845. The van der Waals surface area contributed by atoms with E-state index >= 15 is 0 Å². The second kappa shape index (κ2) is 4.60. The molecule has 0 radical (unpaired) electrons. The summed E-state index contributed by atoms with van der Waals surface area (Å²) in [5.41, 5.74) is 1.17. The van der Waals surface area contributed by atoms with Crippen LogP contribution in [0.15, 0.2) is 39.1 Å². The van der Waals surface area contributed by atoms with Gasteiger partial charge in [0.05, 0.1) is 5.69 Å². The fourth-order valence-corrected chi connectivity index (χ4v) is 4.40. The van der Waals surface area contributed by atoms with Crippen molar-refractivity contribution in [3.8, 4) is 0 Å². The molecule has 3 rings (SSSR count). The minimum absolute atomic E-state index is 0.0845. The summed E-state index contributed by atoms with van der Waals surface area (Å²) in [4.78, 5) is 15.9. The Morgan fingerprint density at radius 2 is 2.11 bits per heavy atom. The number of anilines is 1. The summed E-state index contributed by atoms with van der Waals surface area (Å²) in [6.45, 7) is 2.92. The molecule has 2 heterocycles. The van der Waals surface area contributed by atoms with Crippen LogP contribution < -0.4 is 10.2 Å². The Hall–Kier alpha value is -0.980. The lowest BCUT2D eigenvalue weighted by Crippen LogP contribution is -2.22. The van der Waals surface area contributed by atoms with E-state index in [1.54, 1.807) is 11.8 Å². The number of thioether (sulfide) groups is 2. The van der Waals surface area contributed by atoms with Gasteiger partial charge in [0.1, 0.15) is 14.3 Å². The van der Waals surface area contributed by atoms with Crippen molar-refractivity contribution in [1.29, 1.82) is 0 Å². The Kier molecular flexibility index (Phi) is 3.09. The molecule has 1 amide bonds. The molecule has 18 heavy (non-hydrogen) atoms. The summed E-state index contributed by atoms with van der Waals surface area (Å²) in [5, 5.41) is 3.66. The maximum Gasteiger partial charge on any atom is 0.266 e. The summed E-state index contributed by atoms with van der Waals surface area (Å²) in [6.07, 6.45) is 0. The molecule has 6 heteroatoms. The molecule has 92 valence electrons. The van der Waals surface area contributed by atoms with Crippen molar-refractivity contribution in [1.82, 2.24) is 5.32 Å². The van der Waals surface area contributed by atoms with Gasteiger partial charge in [0, 0.05) is 11.4 Å². The zero-order valence-corrected chi connectivity index (χ0v) is 12.0. The van der Waals surface area contributed by atoms with Gasteiger partial charge in [-0.2, -0.15) is 0 Å². The predicted molar refractivity (Wildman–Crippen MR) is 80.7 cm³/mol. The molecule has 0 unspecified atom stereocenters. The van der Waals surface area contributed by atoms with Crippen LogP contribution in [0.1, 0.15) is 6.92 Å². The maximum atomic E-state index is 11.9. The summed E-state index contributed by atoms with van der Waals surface area (Å²) in [6, 6.07) is 8.18. The molecule has 1 fully saturated rings. The van der Waals surface area contributed by atoms with E-state index in [-0.39, 0.29) is 5.91 Å². The van der Waals surface area contributed by atoms with Gasteiger partial charge in [-0.25, -0.2) is 0 Å². The van der Waals surface area contributed by atoms with Crippen LogP contribution in [0.2, 0.25) is 0 Å². The van der Waals surface area contributed by atoms with Gasteiger partial charge in [-0.05, 0) is 19.1 Å². The van der Waals surface area contributed by atoms with Crippen LogP contribution in [-0.4, -0.2) is 16.8 Å². The molecule has 0 aliphatic carbocycles. The Morgan fingerprint density at radius 3 is 2.78 bits per heavy atom. The Morgan fingerprint density at radius 1 is 1.33 bits per heavy atom. The van der Waals surface area contributed by atoms with Crippen LogP contribution in [0, 0.1) is 0 Å². The van der Waals surface area contributed by atoms with Crippen LogP contribution in [-0.2, 0) is 4.79 Å². The van der Waals surface area contributed by atoms with Crippen LogP contribution in [0.4, 0.5) is 5.69 Å². The number of amides is 1. The molecule has 3 nitrogen and oxygen atoms in total. The maximum absolute atomic E-state index is 11.9. The number of hydrogen-bond acceptors (Lipinski definition) is 5. The number of benzene rings is 1. The van der Waals surface area contributed by atoms with E-state index in [2.05, 4.69) is 29.3 Å². The molecule has 1 aromatic rings. The Labute approximate surface area is 119 Å². The van der Waals surface area contributed by atoms with E-state index in [1.165, 1.54) is 22.3 Å². The van der Waals surface area contributed by atoms with Crippen molar-refractivity contribution in [2.24, 2.45) is 0 Å². The molecule has 1 saturated heterocycles. The third-order valence-corrected chi connectivity index (χ3v) is 5.27. The lowest BCUT2D eigenvalue weighted by molar-refractivity contribution is -0.115. The highest BCUT2D eigenvalue weighted by Crippen LogP contribution is 2.49. The third kappa shape index (κ3) is 1.84. The number of carbonyl (C=O) groups is 1. The van der Waals surface area contributed by atoms with Crippen LogP contribution >= 0.6 is 35.7 Å². The highest BCUT2D eigenvalue weighted by atomic mass is 32.2. The standard InChI is InChI=1S/C12H10N2OS3/c1-2-14-7-5-3-4-6-8(7)17-11(14)9-10(15)13-12(16)18-9/h3-6H,2H2,1H3,(H,13,15,16)/b11-9-. The molecule has 2 aliphatic heterocycles. The monoisotopic (exact) mass is 294 g/mol. The molecule has 0 aromatic heterocycles. The van der Waals surface area contributed by atoms with Gasteiger partial charge >= 0.3 is 0 Å².